The van der Waals surface area contributed by atoms with Crippen LogP contribution in [0.1, 0.15) is 32.6 Å². The van der Waals surface area contributed by atoms with Gasteiger partial charge in [-0.2, -0.15) is 0 Å². The highest BCUT2D eigenvalue weighted by Gasteiger charge is 2.28. The predicted molar refractivity (Wildman–Crippen MR) is 55.2 cm³/mol. The highest BCUT2D eigenvalue weighted by Crippen LogP contribution is 2.20. The van der Waals surface area contributed by atoms with Crippen LogP contribution < -0.4 is 0 Å². The first kappa shape index (κ1) is 10.4. The van der Waals surface area contributed by atoms with Crippen LogP contribution in [-0.4, -0.2) is 48.0 Å². The van der Waals surface area contributed by atoms with Gasteiger partial charge in [-0.05, 0) is 32.6 Å². The van der Waals surface area contributed by atoms with Crippen LogP contribution in [-0.2, 0) is 4.74 Å². The molecule has 2 saturated heterocycles. The van der Waals surface area contributed by atoms with Gasteiger partial charge in [-0.15, -0.1) is 0 Å². The minimum atomic E-state index is -0.102. The van der Waals surface area contributed by atoms with E-state index in [2.05, 4.69) is 11.8 Å². The van der Waals surface area contributed by atoms with E-state index in [1.165, 1.54) is 12.8 Å². The Hall–Kier alpha value is -0.120. The molecule has 2 heterocycles. The molecule has 0 aromatic heterocycles. The highest BCUT2D eigenvalue weighted by atomic mass is 16.5. The molecule has 82 valence electrons. The van der Waals surface area contributed by atoms with Gasteiger partial charge in [0, 0.05) is 25.7 Å². The fourth-order valence-corrected chi connectivity index (χ4v) is 2.56. The van der Waals surface area contributed by atoms with Gasteiger partial charge in [0.2, 0.25) is 0 Å². The van der Waals surface area contributed by atoms with Crippen LogP contribution in [0, 0.1) is 0 Å². The van der Waals surface area contributed by atoms with Crippen LogP contribution in [0.15, 0.2) is 0 Å². The summed E-state index contributed by atoms with van der Waals surface area (Å²) < 4.78 is 5.59. The van der Waals surface area contributed by atoms with Crippen LogP contribution in [0.25, 0.3) is 0 Å². The lowest BCUT2D eigenvalue weighted by molar-refractivity contribution is 0.0890. The number of likely N-dealkylation sites (tertiary alicyclic amines) is 1. The number of hydrogen-bond donors (Lipinski definition) is 1. The van der Waals surface area contributed by atoms with E-state index in [4.69, 9.17) is 4.74 Å². The van der Waals surface area contributed by atoms with Gasteiger partial charge in [-0.3, -0.25) is 4.90 Å². The molecule has 2 aliphatic rings. The van der Waals surface area contributed by atoms with Gasteiger partial charge in [0.05, 0.1) is 12.2 Å². The molecular weight excluding hydrogens is 178 g/mol. The fourth-order valence-electron chi connectivity index (χ4n) is 2.56. The first-order valence-electron chi connectivity index (χ1n) is 5.79. The van der Waals surface area contributed by atoms with Crippen molar-refractivity contribution in [1.29, 1.82) is 0 Å². The van der Waals surface area contributed by atoms with Crippen molar-refractivity contribution in [3.63, 3.8) is 0 Å². The molecule has 2 rings (SSSR count). The maximum atomic E-state index is 9.49. The second kappa shape index (κ2) is 4.60. The maximum Gasteiger partial charge on any atom is 0.0682 e. The van der Waals surface area contributed by atoms with E-state index in [9.17, 15) is 5.11 Å². The molecule has 0 aromatic carbocycles. The van der Waals surface area contributed by atoms with E-state index in [0.29, 0.717) is 12.1 Å². The summed E-state index contributed by atoms with van der Waals surface area (Å²) >= 11 is 0. The summed E-state index contributed by atoms with van der Waals surface area (Å²) in [4.78, 5) is 2.38. The molecule has 0 amide bonds. The normalized spacial score (nSPS) is 39.4. The summed E-state index contributed by atoms with van der Waals surface area (Å²) in [5.74, 6) is 0. The van der Waals surface area contributed by atoms with Crippen molar-refractivity contribution in [2.45, 2.75) is 50.9 Å². The molecule has 0 bridgehead atoms. The largest absolute Gasteiger partial charge is 0.392 e. The molecule has 2 aliphatic heterocycles. The molecule has 3 atom stereocenters. The maximum absolute atomic E-state index is 9.49. The summed E-state index contributed by atoms with van der Waals surface area (Å²) in [5.41, 5.74) is 0. The zero-order valence-corrected chi connectivity index (χ0v) is 8.98. The Morgan fingerprint density at radius 2 is 2.36 bits per heavy atom. The molecule has 0 saturated carbocycles. The van der Waals surface area contributed by atoms with Crippen LogP contribution in [0.5, 0.6) is 0 Å². The number of aliphatic hydroxyl groups excluding tert-OH is 1. The molecule has 3 nitrogen and oxygen atoms in total. The Balaban J connectivity index is 1.69. The average Bonchev–Trinajstić information content (AvgIpc) is 2.72. The zero-order valence-electron chi connectivity index (χ0n) is 8.98. The van der Waals surface area contributed by atoms with Crippen LogP contribution in [0.2, 0.25) is 0 Å². The molecule has 3 unspecified atom stereocenters. The average molecular weight is 199 g/mol. The van der Waals surface area contributed by atoms with E-state index in [-0.39, 0.29) is 6.10 Å². The van der Waals surface area contributed by atoms with Gasteiger partial charge >= 0.3 is 0 Å². The van der Waals surface area contributed by atoms with E-state index in [0.717, 1.165) is 32.5 Å². The summed E-state index contributed by atoms with van der Waals surface area (Å²) in [6, 6.07) is 0.548. The quantitative estimate of drug-likeness (QED) is 0.736. The number of rotatable bonds is 3. The number of nitrogens with zero attached hydrogens (tertiary/aromatic N) is 1. The lowest BCUT2D eigenvalue weighted by atomic mass is 10.1. The summed E-state index contributed by atoms with van der Waals surface area (Å²) in [6.07, 6.45) is 4.91. The molecule has 1 N–H and O–H groups in total. The van der Waals surface area contributed by atoms with E-state index in [1.807, 2.05) is 0 Å². The summed E-state index contributed by atoms with van der Waals surface area (Å²) in [5, 5.41) is 9.49. The fraction of sp³-hybridized carbons (Fsp3) is 1.00. The zero-order chi connectivity index (χ0) is 9.97. The van der Waals surface area contributed by atoms with Gasteiger partial charge in [-0.25, -0.2) is 0 Å². The summed E-state index contributed by atoms with van der Waals surface area (Å²) in [7, 11) is 0. The van der Waals surface area contributed by atoms with Crippen molar-refractivity contribution >= 4 is 0 Å². The van der Waals surface area contributed by atoms with Gasteiger partial charge in [-0.1, -0.05) is 0 Å². The van der Waals surface area contributed by atoms with Crippen LogP contribution in [0.3, 0.4) is 0 Å². The Kier molecular flexibility index (Phi) is 3.42. The first-order chi connectivity index (χ1) is 6.75. The third-order valence-corrected chi connectivity index (χ3v) is 3.44. The van der Waals surface area contributed by atoms with Gasteiger partial charge in [0.15, 0.2) is 0 Å². The molecule has 0 spiro atoms. The van der Waals surface area contributed by atoms with E-state index < -0.39 is 0 Å². The molecule has 0 radical (unpaired) electrons. The SMILES string of the molecule is CC1CC(O)CN1CCC1CCCO1. The van der Waals surface area contributed by atoms with Crippen molar-refractivity contribution in [1.82, 2.24) is 4.90 Å². The highest BCUT2D eigenvalue weighted by molar-refractivity contribution is 4.82. The third kappa shape index (κ3) is 2.47. The van der Waals surface area contributed by atoms with Gasteiger partial charge in [0.25, 0.3) is 0 Å². The third-order valence-electron chi connectivity index (χ3n) is 3.44. The Morgan fingerprint density at radius 1 is 1.50 bits per heavy atom. The lowest BCUT2D eigenvalue weighted by Crippen LogP contribution is -2.30. The van der Waals surface area contributed by atoms with Crippen molar-refractivity contribution in [2.24, 2.45) is 0 Å². The van der Waals surface area contributed by atoms with Gasteiger partial charge in [0.1, 0.15) is 0 Å². The Bertz CT molecular complexity index is 180. The monoisotopic (exact) mass is 199 g/mol. The number of aliphatic hydroxyl groups is 1. The topological polar surface area (TPSA) is 32.7 Å². The number of hydrogen-bond acceptors (Lipinski definition) is 3. The second-order valence-electron chi connectivity index (χ2n) is 4.66. The standard InChI is InChI=1S/C11H21NO2/c1-9-7-10(13)8-12(9)5-4-11-3-2-6-14-11/h9-11,13H,2-8H2,1H3. The van der Waals surface area contributed by atoms with E-state index >= 15 is 0 Å². The number of β-amino-alcohol motifs (C(OH)–C–C–N with tert-alkyl or cyclic N) is 1. The van der Waals surface area contributed by atoms with Crippen molar-refractivity contribution in [2.75, 3.05) is 19.7 Å². The van der Waals surface area contributed by atoms with Crippen LogP contribution in [0.4, 0.5) is 0 Å². The van der Waals surface area contributed by atoms with Crippen molar-refractivity contribution in [3.05, 3.63) is 0 Å². The van der Waals surface area contributed by atoms with Crippen molar-refractivity contribution < 1.29 is 9.84 Å². The Morgan fingerprint density at radius 3 is 2.93 bits per heavy atom. The lowest BCUT2D eigenvalue weighted by Gasteiger charge is -2.22. The molecule has 0 aromatic rings. The Labute approximate surface area is 86.0 Å². The smallest absolute Gasteiger partial charge is 0.0682 e. The van der Waals surface area contributed by atoms with E-state index in [1.54, 1.807) is 0 Å². The van der Waals surface area contributed by atoms with Crippen LogP contribution >= 0.6 is 0 Å². The predicted octanol–water partition coefficient (Wildman–Crippen LogP) is 1.01. The minimum absolute atomic E-state index is 0.102. The molecular formula is C11H21NO2. The minimum Gasteiger partial charge on any atom is -0.392 e. The summed E-state index contributed by atoms with van der Waals surface area (Å²) in [6.45, 7) is 5.09. The molecule has 14 heavy (non-hydrogen) atoms. The second-order valence-corrected chi connectivity index (χ2v) is 4.66. The number of ether oxygens (including phenoxy) is 1. The van der Waals surface area contributed by atoms with Gasteiger partial charge < -0.3 is 9.84 Å². The molecule has 3 heteroatoms. The van der Waals surface area contributed by atoms with Crippen molar-refractivity contribution in [3.8, 4) is 0 Å². The molecule has 0 aliphatic carbocycles. The first-order valence-corrected chi connectivity index (χ1v) is 5.79. The molecule has 2 fully saturated rings.